The molecule has 0 amide bonds. The smallest absolute Gasteiger partial charge is 0.335 e. The third-order valence-electron chi connectivity index (χ3n) is 2.15. The predicted octanol–water partition coefficient (Wildman–Crippen LogP) is 2.02. The summed E-state index contributed by atoms with van der Waals surface area (Å²) in [6, 6.07) is 4.82. The van der Waals surface area contributed by atoms with E-state index in [1.165, 1.54) is 7.11 Å². The molecule has 0 aliphatic heterocycles. The molecule has 100 valence electrons. The van der Waals surface area contributed by atoms with Gasteiger partial charge in [0.1, 0.15) is 6.61 Å². The van der Waals surface area contributed by atoms with Gasteiger partial charge < -0.3 is 14.2 Å². The molecule has 0 N–H and O–H groups in total. The Balaban J connectivity index is 2.83. The molecule has 0 unspecified atom stereocenters. The fourth-order valence-electron chi connectivity index (χ4n) is 1.25. The van der Waals surface area contributed by atoms with Crippen LogP contribution in [0.2, 0.25) is 0 Å². The van der Waals surface area contributed by atoms with Crippen LogP contribution in [-0.2, 0) is 20.9 Å². The van der Waals surface area contributed by atoms with E-state index in [0.717, 1.165) is 12.2 Å². The van der Waals surface area contributed by atoms with Crippen molar-refractivity contribution in [1.29, 1.82) is 0 Å². The molecule has 19 heavy (non-hydrogen) atoms. The first kappa shape index (κ1) is 14.5. The van der Waals surface area contributed by atoms with Gasteiger partial charge in [-0.3, -0.25) is 0 Å². The van der Waals surface area contributed by atoms with Crippen LogP contribution in [0.1, 0.15) is 5.56 Å². The first-order valence-corrected chi connectivity index (χ1v) is 5.41. The molecule has 0 aromatic heterocycles. The molecule has 0 saturated heterocycles. The maximum absolute atomic E-state index is 11.1. The second-order valence-corrected chi connectivity index (χ2v) is 3.42. The lowest BCUT2D eigenvalue weighted by Crippen LogP contribution is -2.05. The molecule has 5 nitrogen and oxygen atoms in total. The van der Waals surface area contributed by atoms with E-state index < -0.39 is 11.9 Å². The number of methoxy groups -OCH3 is 1. The summed E-state index contributed by atoms with van der Waals surface area (Å²) in [5.74, 6) is -0.459. The van der Waals surface area contributed by atoms with Crippen LogP contribution in [0.3, 0.4) is 0 Å². The van der Waals surface area contributed by atoms with Gasteiger partial charge in [0.2, 0.25) is 0 Å². The number of carbonyl (C=O) groups is 2. The van der Waals surface area contributed by atoms with Crippen LogP contribution in [0.5, 0.6) is 11.5 Å². The van der Waals surface area contributed by atoms with Gasteiger partial charge in [-0.1, -0.05) is 19.2 Å². The Kier molecular flexibility index (Phi) is 5.35. The zero-order chi connectivity index (χ0) is 14.3. The first-order chi connectivity index (χ1) is 9.10. The summed E-state index contributed by atoms with van der Waals surface area (Å²) < 4.78 is 15.0. The van der Waals surface area contributed by atoms with E-state index >= 15 is 0 Å². The highest BCUT2D eigenvalue weighted by Gasteiger charge is 2.09. The molecule has 1 rings (SSSR count). The maximum Gasteiger partial charge on any atom is 0.335 e. The van der Waals surface area contributed by atoms with E-state index in [0.29, 0.717) is 11.3 Å². The van der Waals surface area contributed by atoms with Crippen molar-refractivity contribution < 1.29 is 23.8 Å². The summed E-state index contributed by atoms with van der Waals surface area (Å²) in [7, 11) is 1.44. The van der Waals surface area contributed by atoms with E-state index in [9.17, 15) is 9.59 Å². The van der Waals surface area contributed by atoms with Crippen LogP contribution in [-0.4, -0.2) is 19.0 Å². The van der Waals surface area contributed by atoms with Crippen LogP contribution in [0, 0.1) is 0 Å². The molecule has 0 atom stereocenters. The summed E-state index contributed by atoms with van der Waals surface area (Å²) in [5, 5.41) is 0. The summed E-state index contributed by atoms with van der Waals surface area (Å²) in [5.41, 5.74) is 0.699. The normalized spacial score (nSPS) is 9.32. The van der Waals surface area contributed by atoms with Gasteiger partial charge in [-0.2, -0.15) is 0 Å². The number of carbonyl (C=O) groups excluding carboxylic acids is 2. The van der Waals surface area contributed by atoms with Crippen molar-refractivity contribution in [3.05, 3.63) is 49.1 Å². The van der Waals surface area contributed by atoms with Crippen molar-refractivity contribution in [3.63, 3.8) is 0 Å². The van der Waals surface area contributed by atoms with Gasteiger partial charge >= 0.3 is 11.9 Å². The van der Waals surface area contributed by atoms with E-state index in [1.807, 2.05) is 0 Å². The van der Waals surface area contributed by atoms with Gasteiger partial charge in [0, 0.05) is 12.2 Å². The van der Waals surface area contributed by atoms with Gasteiger partial charge in [0.05, 0.1) is 7.11 Å². The van der Waals surface area contributed by atoms with Crippen LogP contribution in [0.15, 0.2) is 43.5 Å². The topological polar surface area (TPSA) is 61.8 Å². The molecule has 1 aromatic carbocycles. The van der Waals surface area contributed by atoms with Gasteiger partial charge in [-0.25, -0.2) is 9.59 Å². The first-order valence-electron chi connectivity index (χ1n) is 5.41. The Morgan fingerprint density at radius 1 is 1.16 bits per heavy atom. The molecule has 0 aliphatic rings. The number of ether oxygens (including phenoxy) is 3. The Labute approximate surface area is 111 Å². The molecule has 0 radical (unpaired) electrons. The lowest BCUT2D eigenvalue weighted by Gasteiger charge is -2.10. The largest absolute Gasteiger partial charge is 0.493 e. The highest BCUT2D eigenvalue weighted by Crippen LogP contribution is 2.28. The highest BCUT2D eigenvalue weighted by atomic mass is 16.6. The molecular formula is C14H14O5. The lowest BCUT2D eigenvalue weighted by atomic mass is 10.2. The van der Waals surface area contributed by atoms with Crippen LogP contribution in [0.4, 0.5) is 0 Å². The second-order valence-electron chi connectivity index (χ2n) is 3.42. The molecular weight excluding hydrogens is 248 g/mol. The predicted molar refractivity (Wildman–Crippen MR) is 68.8 cm³/mol. The molecule has 0 spiro atoms. The number of rotatable bonds is 6. The SMILES string of the molecule is C=CC(=O)OCc1ccc(OC(=O)C=C)c(OC)c1. The Morgan fingerprint density at radius 2 is 1.84 bits per heavy atom. The minimum atomic E-state index is -0.580. The number of hydrogen-bond acceptors (Lipinski definition) is 5. The highest BCUT2D eigenvalue weighted by molar-refractivity contribution is 5.84. The van der Waals surface area contributed by atoms with Crippen LogP contribution < -0.4 is 9.47 Å². The fourth-order valence-corrected chi connectivity index (χ4v) is 1.25. The number of esters is 2. The molecule has 0 saturated carbocycles. The summed E-state index contributed by atoms with van der Waals surface area (Å²) >= 11 is 0. The quantitative estimate of drug-likeness (QED) is 0.446. The third-order valence-corrected chi connectivity index (χ3v) is 2.15. The Bertz CT molecular complexity index is 505. The standard InChI is InChI=1S/C14H14O5/c1-4-13(15)18-9-10-6-7-11(12(8-10)17-3)19-14(16)5-2/h4-8H,1-2,9H2,3H3. The Morgan fingerprint density at radius 3 is 2.42 bits per heavy atom. The van der Waals surface area contributed by atoms with Gasteiger partial charge in [0.25, 0.3) is 0 Å². The van der Waals surface area contributed by atoms with Gasteiger partial charge in [-0.15, -0.1) is 0 Å². The summed E-state index contributed by atoms with van der Waals surface area (Å²) in [4.78, 5) is 22.1. The summed E-state index contributed by atoms with van der Waals surface area (Å²) in [6.07, 6.45) is 2.14. The van der Waals surface area contributed by atoms with Gasteiger partial charge in [0.15, 0.2) is 11.5 Å². The lowest BCUT2D eigenvalue weighted by molar-refractivity contribution is -0.139. The van der Waals surface area contributed by atoms with E-state index in [1.54, 1.807) is 18.2 Å². The van der Waals surface area contributed by atoms with Crippen molar-refractivity contribution >= 4 is 11.9 Å². The minimum Gasteiger partial charge on any atom is -0.493 e. The Hall–Kier alpha value is -2.56. The zero-order valence-electron chi connectivity index (χ0n) is 10.5. The van der Waals surface area contributed by atoms with Crippen LogP contribution >= 0.6 is 0 Å². The fraction of sp³-hybridized carbons (Fsp3) is 0.143. The molecule has 0 aliphatic carbocycles. The summed E-state index contributed by atoms with van der Waals surface area (Å²) in [6.45, 7) is 6.68. The van der Waals surface area contributed by atoms with Crippen molar-refractivity contribution in [3.8, 4) is 11.5 Å². The minimum absolute atomic E-state index is 0.0803. The maximum atomic E-state index is 11.1. The molecule has 0 heterocycles. The van der Waals surface area contributed by atoms with E-state index in [-0.39, 0.29) is 12.4 Å². The molecule has 0 bridgehead atoms. The van der Waals surface area contributed by atoms with Crippen LogP contribution in [0.25, 0.3) is 0 Å². The molecule has 0 fully saturated rings. The monoisotopic (exact) mass is 262 g/mol. The zero-order valence-corrected chi connectivity index (χ0v) is 10.5. The van der Waals surface area contributed by atoms with Crippen molar-refractivity contribution in [2.24, 2.45) is 0 Å². The van der Waals surface area contributed by atoms with E-state index in [2.05, 4.69) is 13.2 Å². The average Bonchev–Trinajstić information content (AvgIpc) is 2.45. The second kappa shape index (κ2) is 7.00. The van der Waals surface area contributed by atoms with Crippen molar-refractivity contribution in [2.45, 2.75) is 6.61 Å². The van der Waals surface area contributed by atoms with Gasteiger partial charge in [-0.05, 0) is 17.7 Å². The molecule has 5 heteroatoms. The third kappa shape index (κ3) is 4.31. The number of benzene rings is 1. The number of hydrogen-bond donors (Lipinski definition) is 0. The van der Waals surface area contributed by atoms with Crippen molar-refractivity contribution in [1.82, 2.24) is 0 Å². The average molecular weight is 262 g/mol. The molecule has 1 aromatic rings. The van der Waals surface area contributed by atoms with E-state index in [4.69, 9.17) is 14.2 Å². The van der Waals surface area contributed by atoms with Crippen molar-refractivity contribution in [2.75, 3.05) is 7.11 Å².